The van der Waals surface area contributed by atoms with Gasteiger partial charge in [-0.05, 0) is 77.5 Å². The quantitative estimate of drug-likeness (QED) is 0.510. The molecule has 0 aliphatic carbocycles. The van der Waals surface area contributed by atoms with Crippen molar-refractivity contribution in [3.63, 3.8) is 0 Å². The fourth-order valence-corrected chi connectivity index (χ4v) is 4.28. The van der Waals surface area contributed by atoms with Crippen LogP contribution in [0.15, 0.2) is 77.7 Å². The molecule has 0 unspecified atom stereocenters. The number of sulfonamides is 1. The highest BCUT2D eigenvalue weighted by molar-refractivity contribution is 14.1. The average molecular weight is 492 g/mol. The third-order valence-corrected chi connectivity index (χ3v) is 5.96. The van der Waals surface area contributed by atoms with Crippen molar-refractivity contribution in [1.29, 1.82) is 0 Å². The van der Waals surface area contributed by atoms with Crippen LogP contribution in [0.1, 0.15) is 15.9 Å². The molecule has 0 spiro atoms. The lowest BCUT2D eigenvalue weighted by atomic mass is 10.1. The van der Waals surface area contributed by atoms with Crippen molar-refractivity contribution in [2.75, 3.05) is 10.0 Å². The van der Waals surface area contributed by atoms with Crippen molar-refractivity contribution in [1.82, 2.24) is 0 Å². The van der Waals surface area contributed by atoms with Crippen molar-refractivity contribution in [2.45, 2.75) is 11.8 Å². The molecule has 3 rings (SSSR count). The smallest absolute Gasteiger partial charge is 0.261 e. The summed E-state index contributed by atoms with van der Waals surface area (Å²) in [6.07, 6.45) is 0. The molecular formula is C20H17IN2O3S. The molecule has 0 radical (unpaired) electrons. The lowest BCUT2D eigenvalue weighted by Crippen LogP contribution is -2.19. The molecule has 2 N–H and O–H groups in total. The summed E-state index contributed by atoms with van der Waals surface area (Å²) in [5.74, 6) is -0.384. The van der Waals surface area contributed by atoms with Gasteiger partial charge in [0.05, 0.1) is 16.1 Å². The first-order valence-electron chi connectivity index (χ1n) is 8.11. The molecule has 0 atom stereocenters. The molecule has 1 amide bonds. The van der Waals surface area contributed by atoms with Gasteiger partial charge in [-0.2, -0.15) is 0 Å². The zero-order valence-corrected chi connectivity index (χ0v) is 17.4. The summed E-state index contributed by atoms with van der Waals surface area (Å²) in [6, 6.07) is 20.2. The van der Waals surface area contributed by atoms with Crippen molar-refractivity contribution in [3.05, 3.63) is 87.5 Å². The number of benzene rings is 3. The van der Waals surface area contributed by atoms with E-state index in [-0.39, 0.29) is 22.1 Å². The van der Waals surface area contributed by atoms with Gasteiger partial charge in [0.2, 0.25) is 0 Å². The summed E-state index contributed by atoms with van der Waals surface area (Å²) < 4.78 is 28.7. The third kappa shape index (κ3) is 4.67. The van der Waals surface area contributed by atoms with E-state index in [1.807, 2.05) is 25.1 Å². The van der Waals surface area contributed by atoms with Crippen molar-refractivity contribution in [3.8, 4) is 0 Å². The van der Waals surface area contributed by atoms with Crippen LogP contribution in [0, 0.1) is 10.5 Å². The van der Waals surface area contributed by atoms with Crippen molar-refractivity contribution in [2.24, 2.45) is 0 Å². The highest BCUT2D eigenvalue weighted by atomic mass is 127. The van der Waals surface area contributed by atoms with E-state index in [2.05, 4.69) is 32.6 Å². The number of halogens is 1. The van der Waals surface area contributed by atoms with Crippen LogP contribution >= 0.6 is 22.6 Å². The van der Waals surface area contributed by atoms with E-state index in [0.29, 0.717) is 5.69 Å². The van der Waals surface area contributed by atoms with Crippen molar-refractivity contribution < 1.29 is 13.2 Å². The first-order chi connectivity index (χ1) is 12.9. The third-order valence-electron chi connectivity index (χ3n) is 3.91. The number of carbonyl (C=O) groups excluding carboxylic acids is 1. The van der Waals surface area contributed by atoms with Crippen LogP contribution in [-0.2, 0) is 10.0 Å². The highest BCUT2D eigenvalue weighted by Crippen LogP contribution is 2.23. The molecule has 3 aromatic carbocycles. The lowest BCUT2D eigenvalue weighted by Gasteiger charge is -2.14. The van der Waals surface area contributed by atoms with Crippen LogP contribution in [-0.4, -0.2) is 14.3 Å². The molecule has 0 fully saturated rings. The Hall–Kier alpha value is -2.39. The molecule has 0 bridgehead atoms. The van der Waals surface area contributed by atoms with Crippen molar-refractivity contribution >= 4 is 49.9 Å². The first kappa shape index (κ1) is 19.4. The van der Waals surface area contributed by atoms with Crippen LogP contribution in [0.4, 0.5) is 11.4 Å². The number of rotatable bonds is 5. The Labute approximate surface area is 172 Å². The van der Waals surface area contributed by atoms with E-state index < -0.39 is 10.0 Å². The van der Waals surface area contributed by atoms with Crippen LogP contribution in [0.5, 0.6) is 0 Å². The summed E-state index contributed by atoms with van der Waals surface area (Å²) in [5.41, 5.74) is 2.08. The van der Waals surface area contributed by atoms with E-state index in [9.17, 15) is 13.2 Å². The number of hydrogen-bond acceptors (Lipinski definition) is 3. The zero-order chi connectivity index (χ0) is 19.4. The lowest BCUT2D eigenvalue weighted by molar-refractivity contribution is 0.102. The molecule has 0 aromatic heterocycles. The standard InChI is InChI=1S/C20H17IN2O3S/c1-14-13-15(21)11-12-18(14)22-20(24)17-9-5-6-10-19(17)23-27(25,26)16-7-3-2-4-8-16/h2-13,23H,1H3,(H,22,24). The van der Waals surface area contributed by atoms with E-state index in [1.165, 1.54) is 12.1 Å². The Morgan fingerprint density at radius 3 is 2.26 bits per heavy atom. The molecule has 0 heterocycles. The second-order valence-electron chi connectivity index (χ2n) is 5.88. The number of hydrogen-bond donors (Lipinski definition) is 2. The molecule has 7 heteroatoms. The van der Waals surface area contributed by atoms with E-state index in [0.717, 1.165) is 9.13 Å². The molecule has 3 aromatic rings. The fraction of sp³-hybridized carbons (Fsp3) is 0.0500. The molecule has 0 saturated carbocycles. The Balaban J connectivity index is 1.89. The maximum absolute atomic E-state index is 12.7. The number of amides is 1. The summed E-state index contributed by atoms with van der Waals surface area (Å²) >= 11 is 2.20. The van der Waals surface area contributed by atoms with Crippen LogP contribution < -0.4 is 10.0 Å². The Kier molecular flexibility index (Phi) is 5.81. The fourth-order valence-electron chi connectivity index (χ4n) is 2.53. The summed E-state index contributed by atoms with van der Waals surface area (Å²) in [7, 11) is -3.79. The minimum atomic E-state index is -3.79. The predicted molar refractivity (Wildman–Crippen MR) is 116 cm³/mol. The van der Waals surface area contributed by atoms with Gasteiger partial charge in [-0.3, -0.25) is 9.52 Å². The van der Waals surface area contributed by atoms with Gasteiger partial charge in [0.25, 0.3) is 15.9 Å². The topological polar surface area (TPSA) is 75.3 Å². The number of aryl methyl sites for hydroxylation is 1. The molecule has 0 aliphatic heterocycles. The second-order valence-corrected chi connectivity index (χ2v) is 8.81. The molecule has 0 saturated heterocycles. The van der Waals surface area contributed by atoms with Gasteiger partial charge in [-0.1, -0.05) is 30.3 Å². The molecule has 138 valence electrons. The largest absolute Gasteiger partial charge is 0.322 e. The van der Waals surface area contributed by atoms with Gasteiger partial charge >= 0.3 is 0 Å². The predicted octanol–water partition coefficient (Wildman–Crippen LogP) is 4.65. The van der Waals surface area contributed by atoms with E-state index in [1.54, 1.807) is 42.5 Å². The Morgan fingerprint density at radius 1 is 0.889 bits per heavy atom. The Bertz CT molecular complexity index is 1080. The number of anilines is 2. The highest BCUT2D eigenvalue weighted by Gasteiger charge is 2.18. The summed E-state index contributed by atoms with van der Waals surface area (Å²) in [4.78, 5) is 12.9. The van der Waals surface area contributed by atoms with Crippen LogP contribution in [0.2, 0.25) is 0 Å². The summed E-state index contributed by atoms with van der Waals surface area (Å²) in [6.45, 7) is 1.90. The Morgan fingerprint density at radius 2 is 1.56 bits per heavy atom. The molecule has 27 heavy (non-hydrogen) atoms. The first-order valence-corrected chi connectivity index (χ1v) is 10.7. The van der Waals surface area contributed by atoms with Gasteiger partial charge in [-0.15, -0.1) is 0 Å². The molecule has 0 aliphatic rings. The van der Waals surface area contributed by atoms with Gasteiger partial charge in [0.15, 0.2) is 0 Å². The van der Waals surface area contributed by atoms with Crippen LogP contribution in [0.25, 0.3) is 0 Å². The maximum atomic E-state index is 12.7. The zero-order valence-electron chi connectivity index (χ0n) is 14.4. The number of nitrogens with one attached hydrogen (secondary N) is 2. The van der Waals surface area contributed by atoms with Gasteiger partial charge < -0.3 is 5.32 Å². The minimum absolute atomic E-state index is 0.133. The molecular weight excluding hydrogens is 475 g/mol. The minimum Gasteiger partial charge on any atom is -0.322 e. The monoisotopic (exact) mass is 492 g/mol. The SMILES string of the molecule is Cc1cc(I)ccc1NC(=O)c1ccccc1NS(=O)(=O)c1ccccc1. The molecule has 5 nitrogen and oxygen atoms in total. The second kappa shape index (κ2) is 8.10. The van der Waals surface area contributed by atoms with Gasteiger partial charge in [0, 0.05) is 9.26 Å². The van der Waals surface area contributed by atoms with E-state index >= 15 is 0 Å². The number of para-hydroxylation sites is 1. The average Bonchev–Trinajstić information content (AvgIpc) is 2.65. The maximum Gasteiger partial charge on any atom is 0.261 e. The normalized spacial score (nSPS) is 11.0. The van der Waals surface area contributed by atoms with Gasteiger partial charge in [-0.25, -0.2) is 8.42 Å². The number of carbonyl (C=O) groups is 1. The summed E-state index contributed by atoms with van der Waals surface area (Å²) in [5, 5.41) is 2.84. The van der Waals surface area contributed by atoms with Crippen LogP contribution in [0.3, 0.4) is 0 Å². The van der Waals surface area contributed by atoms with Gasteiger partial charge in [0.1, 0.15) is 0 Å². The van der Waals surface area contributed by atoms with E-state index in [4.69, 9.17) is 0 Å².